The van der Waals surface area contributed by atoms with Crippen LogP contribution in [-0.2, 0) is 0 Å². The lowest BCUT2D eigenvalue weighted by Gasteiger charge is -2.40. The van der Waals surface area contributed by atoms with Crippen molar-refractivity contribution in [2.24, 2.45) is 23.7 Å². The lowest BCUT2D eigenvalue weighted by Crippen LogP contribution is -2.39. The molecule has 3 bridgehead atoms. The number of nitrogens with zero attached hydrogens (tertiary/aromatic N) is 3. The standard InChI is InChI=1S/C21H24N4/c1-12-6-20-23-21(16-4-2-3-5-19(16)25(20)24-12)22-18-11-14-7-13-8-15(9-14)17(18)10-13/h2-6,13-15,17-18H,7-11H2,1H3,(H,22,23). The molecule has 3 saturated carbocycles. The molecule has 5 atom stereocenters. The second-order valence-electron chi connectivity index (χ2n) is 8.62. The first-order valence-corrected chi connectivity index (χ1v) is 9.76. The minimum absolute atomic E-state index is 0.596. The summed E-state index contributed by atoms with van der Waals surface area (Å²) in [5, 5.41) is 9.71. The highest BCUT2D eigenvalue weighted by atomic mass is 15.3. The number of hydrogen-bond acceptors (Lipinski definition) is 3. The van der Waals surface area contributed by atoms with Gasteiger partial charge < -0.3 is 5.32 Å². The molecule has 1 aromatic carbocycles. The summed E-state index contributed by atoms with van der Waals surface area (Å²) in [6.07, 6.45) is 7.20. The molecule has 4 heteroatoms. The number of nitrogens with one attached hydrogen (secondary N) is 1. The van der Waals surface area contributed by atoms with E-state index in [2.05, 4.69) is 40.7 Å². The van der Waals surface area contributed by atoms with E-state index in [1.54, 1.807) is 0 Å². The highest BCUT2D eigenvalue weighted by Gasteiger charge is 2.48. The second kappa shape index (κ2) is 4.96. The van der Waals surface area contributed by atoms with E-state index >= 15 is 0 Å². The maximum Gasteiger partial charge on any atom is 0.158 e. The van der Waals surface area contributed by atoms with E-state index < -0.39 is 0 Å². The van der Waals surface area contributed by atoms with Crippen molar-refractivity contribution < 1.29 is 0 Å². The van der Waals surface area contributed by atoms with Crippen LogP contribution >= 0.6 is 0 Å². The van der Waals surface area contributed by atoms with Gasteiger partial charge in [-0.15, -0.1) is 0 Å². The first-order valence-electron chi connectivity index (χ1n) is 9.76. The average molecular weight is 332 g/mol. The van der Waals surface area contributed by atoms with Crippen LogP contribution in [0.2, 0.25) is 0 Å². The van der Waals surface area contributed by atoms with Crippen molar-refractivity contribution in [2.45, 2.75) is 45.1 Å². The lowest BCUT2D eigenvalue weighted by atomic mass is 9.70. The molecule has 25 heavy (non-hydrogen) atoms. The SMILES string of the molecule is Cc1cc2nc(NC3CC4CC5CC(C4)C3C5)c3ccccc3n2n1. The van der Waals surface area contributed by atoms with Gasteiger partial charge in [0.2, 0.25) is 0 Å². The van der Waals surface area contributed by atoms with Crippen molar-refractivity contribution in [3.63, 3.8) is 0 Å². The van der Waals surface area contributed by atoms with Crippen LogP contribution < -0.4 is 5.32 Å². The average Bonchev–Trinajstić information content (AvgIpc) is 3.08. The molecule has 0 spiro atoms. The Morgan fingerprint density at radius 3 is 2.80 bits per heavy atom. The summed E-state index contributed by atoms with van der Waals surface area (Å²) in [5.74, 6) is 4.81. The summed E-state index contributed by atoms with van der Waals surface area (Å²) >= 11 is 0. The summed E-state index contributed by atoms with van der Waals surface area (Å²) in [6, 6.07) is 11.2. The smallest absolute Gasteiger partial charge is 0.158 e. The molecule has 2 heterocycles. The van der Waals surface area contributed by atoms with Gasteiger partial charge in [-0.2, -0.15) is 5.10 Å². The van der Waals surface area contributed by atoms with E-state index in [-0.39, 0.29) is 0 Å². The third kappa shape index (κ3) is 2.06. The van der Waals surface area contributed by atoms with Crippen LogP contribution in [-0.4, -0.2) is 20.6 Å². The third-order valence-corrected chi connectivity index (χ3v) is 7.00. The van der Waals surface area contributed by atoms with Gasteiger partial charge in [-0.1, -0.05) is 12.1 Å². The molecule has 6 rings (SSSR count). The van der Waals surface area contributed by atoms with Crippen molar-refractivity contribution in [1.29, 1.82) is 0 Å². The topological polar surface area (TPSA) is 42.2 Å². The quantitative estimate of drug-likeness (QED) is 0.755. The minimum Gasteiger partial charge on any atom is -0.366 e. The van der Waals surface area contributed by atoms with Gasteiger partial charge in [-0.25, -0.2) is 9.50 Å². The summed E-state index contributed by atoms with van der Waals surface area (Å²) in [7, 11) is 0. The third-order valence-electron chi connectivity index (χ3n) is 7.00. The Kier molecular flexibility index (Phi) is 2.80. The zero-order valence-electron chi connectivity index (χ0n) is 14.7. The molecule has 3 aromatic rings. The first-order chi connectivity index (χ1) is 12.2. The van der Waals surface area contributed by atoms with Gasteiger partial charge in [0.25, 0.3) is 0 Å². The number of aryl methyl sites for hydroxylation is 1. The van der Waals surface area contributed by atoms with Crippen LogP contribution in [0.25, 0.3) is 16.6 Å². The summed E-state index contributed by atoms with van der Waals surface area (Å²) < 4.78 is 1.98. The van der Waals surface area contributed by atoms with Crippen molar-refractivity contribution in [1.82, 2.24) is 14.6 Å². The van der Waals surface area contributed by atoms with E-state index in [0.29, 0.717) is 6.04 Å². The molecule has 3 fully saturated rings. The van der Waals surface area contributed by atoms with Gasteiger partial charge in [0.1, 0.15) is 5.82 Å². The van der Waals surface area contributed by atoms with Crippen LogP contribution in [0.5, 0.6) is 0 Å². The van der Waals surface area contributed by atoms with Crippen LogP contribution in [0.3, 0.4) is 0 Å². The Morgan fingerprint density at radius 1 is 1.04 bits per heavy atom. The molecule has 0 saturated heterocycles. The van der Waals surface area contributed by atoms with E-state index in [9.17, 15) is 0 Å². The van der Waals surface area contributed by atoms with E-state index in [1.165, 1.54) is 37.5 Å². The van der Waals surface area contributed by atoms with E-state index in [1.807, 2.05) is 11.4 Å². The van der Waals surface area contributed by atoms with Gasteiger partial charge in [-0.05, 0) is 74.8 Å². The molecule has 0 amide bonds. The number of anilines is 1. The fourth-order valence-corrected chi connectivity index (χ4v) is 6.18. The zero-order valence-corrected chi connectivity index (χ0v) is 14.7. The highest BCUT2D eigenvalue weighted by molar-refractivity contribution is 5.91. The van der Waals surface area contributed by atoms with Gasteiger partial charge in [0.15, 0.2) is 5.65 Å². The molecule has 128 valence electrons. The highest BCUT2D eigenvalue weighted by Crippen LogP contribution is 2.55. The minimum atomic E-state index is 0.596. The number of fused-ring (bicyclic) bond motifs is 5. The zero-order chi connectivity index (χ0) is 16.5. The van der Waals surface area contributed by atoms with Crippen LogP contribution in [0.4, 0.5) is 5.82 Å². The van der Waals surface area contributed by atoms with Crippen LogP contribution in [0.15, 0.2) is 30.3 Å². The molecule has 5 unspecified atom stereocenters. The fourth-order valence-electron chi connectivity index (χ4n) is 6.18. The second-order valence-corrected chi connectivity index (χ2v) is 8.62. The van der Waals surface area contributed by atoms with Crippen molar-refractivity contribution in [3.05, 3.63) is 36.0 Å². The molecule has 0 radical (unpaired) electrons. The summed E-state index contributed by atoms with van der Waals surface area (Å²) in [4.78, 5) is 4.96. The largest absolute Gasteiger partial charge is 0.366 e. The number of para-hydroxylation sites is 1. The molecule has 3 aliphatic rings. The summed E-state index contributed by atoms with van der Waals surface area (Å²) in [6.45, 7) is 2.04. The number of aromatic nitrogens is 3. The van der Waals surface area contributed by atoms with Crippen LogP contribution in [0.1, 0.15) is 37.8 Å². The van der Waals surface area contributed by atoms with Crippen molar-refractivity contribution in [3.8, 4) is 0 Å². The monoisotopic (exact) mass is 332 g/mol. The van der Waals surface area contributed by atoms with Crippen LogP contribution in [0, 0.1) is 30.6 Å². The number of benzene rings is 1. The van der Waals surface area contributed by atoms with Gasteiger partial charge in [0, 0.05) is 17.5 Å². The number of rotatable bonds is 2. The van der Waals surface area contributed by atoms with E-state index in [4.69, 9.17) is 4.98 Å². The Hall–Kier alpha value is -2.10. The molecule has 4 nitrogen and oxygen atoms in total. The van der Waals surface area contributed by atoms with Crippen molar-refractivity contribution in [2.75, 3.05) is 5.32 Å². The van der Waals surface area contributed by atoms with Gasteiger partial charge >= 0.3 is 0 Å². The first kappa shape index (κ1) is 14.1. The molecular formula is C21H24N4. The lowest BCUT2D eigenvalue weighted by molar-refractivity contribution is 0.164. The Morgan fingerprint density at radius 2 is 1.88 bits per heavy atom. The molecule has 2 aromatic heterocycles. The molecule has 0 aliphatic heterocycles. The van der Waals surface area contributed by atoms with Gasteiger partial charge in [-0.3, -0.25) is 0 Å². The predicted octanol–water partition coefficient (Wildman–Crippen LogP) is 4.43. The van der Waals surface area contributed by atoms with E-state index in [0.717, 1.165) is 46.3 Å². The predicted molar refractivity (Wildman–Crippen MR) is 99.7 cm³/mol. The molecule has 1 N–H and O–H groups in total. The molecular weight excluding hydrogens is 308 g/mol. The maximum absolute atomic E-state index is 4.96. The normalized spacial score (nSPS) is 33.4. The van der Waals surface area contributed by atoms with Crippen molar-refractivity contribution >= 4 is 22.4 Å². The Bertz CT molecular complexity index is 973. The van der Waals surface area contributed by atoms with Gasteiger partial charge in [0.05, 0.1) is 11.2 Å². The molecule has 3 aliphatic carbocycles. The maximum atomic E-state index is 4.96. The number of hydrogen-bond donors (Lipinski definition) is 1. The fraction of sp³-hybridized carbons (Fsp3) is 0.524. The summed E-state index contributed by atoms with van der Waals surface area (Å²) in [5.41, 5.74) is 3.11. The Labute approximate surface area is 147 Å². The Balaban J connectivity index is 1.46.